The molecular weight excluding hydrogens is 406 g/mol. The van der Waals surface area contributed by atoms with Crippen LogP contribution < -0.4 is 0 Å². The molecule has 0 radical (unpaired) electrons. The Morgan fingerprint density at radius 3 is 2.52 bits per heavy atom. The van der Waals surface area contributed by atoms with Gasteiger partial charge in [-0.2, -0.15) is 16.1 Å². The van der Waals surface area contributed by atoms with E-state index in [-0.39, 0.29) is 10.1 Å². The van der Waals surface area contributed by atoms with Gasteiger partial charge in [-0.15, -0.1) is 0 Å². The molecular formula is C19H20ClNO4S2. The fourth-order valence-corrected chi connectivity index (χ4v) is 6.18. The predicted molar refractivity (Wildman–Crippen MR) is 108 cm³/mol. The second-order valence-corrected chi connectivity index (χ2v) is 9.75. The smallest absolute Gasteiger partial charge is 0.337 e. The molecule has 1 atom stereocenters. The molecule has 2 aromatic carbocycles. The third-order valence-corrected chi connectivity index (χ3v) is 8.03. The van der Waals surface area contributed by atoms with E-state index in [1.807, 2.05) is 24.3 Å². The van der Waals surface area contributed by atoms with Gasteiger partial charge in [-0.05, 0) is 42.3 Å². The van der Waals surface area contributed by atoms with Crippen molar-refractivity contribution in [2.75, 3.05) is 26.0 Å². The zero-order valence-electron chi connectivity index (χ0n) is 14.8. The van der Waals surface area contributed by atoms with Gasteiger partial charge in [0, 0.05) is 29.1 Å². The molecule has 0 N–H and O–H groups in total. The Balaban J connectivity index is 1.76. The highest BCUT2D eigenvalue weighted by molar-refractivity contribution is 7.99. The number of halogens is 1. The Morgan fingerprint density at radius 2 is 1.85 bits per heavy atom. The summed E-state index contributed by atoms with van der Waals surface area (Å²) in [5.74, 6) is 0.197. The van der Waals surface area contributed by atoms with Crippen molar-refractivity contribution in [1.29, 1.82) is 0 Å². The number of nitrogens with zero attached hydrogens (tertiary/aromatic N) is 1. The highest BCUT2D eigenvalue weighted by Gasteiger charge is 2.29. The molecule has 1 aliphatic rings. The molecule has 8 heteroatoms. The number of thioether (sulfide) groups is 1. The zero-order chi connectivity index (χ0) is 19.4. The number of hydrogen-bond acceptors (Lipinski definition) is 5. The monoisotopic (exact) mass is 425 g/mol. The van der Waals surface area contributed by atoms with Crippen LogP contribution >= 0.6 is 23.4 Å². The van der Waals surface area contributed by atoms with Crippen molar-refractivity contribution < 1.29 is 17.9 Å². The average Bonchev–Trinajstić information content (AvgIpc) is 2.94. The van der Waals surface area contributed by atoms with Crippen LogP contribution in [0, 0.1) is 0 Å². The molecule has 0 aromatic heterocycles. The second kappa shape index (κ2) is 8.65. The van der Waals surface area contributed by atoms with Crippen molar-refractivity contribution in [3.63, 3.8) is 0 Å². The maximum absolute atomic E-state index is 13.0. The SMILES string of the molecule is COC(=O)c1ccc(S(=O)(=O)N2CCS[C@@H](c3ccccc3Cl)CC2)cc1. The summed E-state index contributed by atoms with van der Waals surface area (Å²) in [5.41, 5.74) is 1.37. The lowest BCUT2D eigenvalue weighted by Crippen LogP contribution is -2.33. The first-order chi connectivity index (χ1) is 12.9. The van der Waals surface area contributed by atoms with E-state index < -0.39 is 16.0 Å². The van der Waals surface area contributed by atoms with E-state index in [4.69, 9.17) is 11.6 Å². The summed E-state index contributed by atoms with van der Waals surface area (Å²) in [6, 6.07) is 13.5. The minimum atomic E-state index is -3.62. The second-order valence-electron chi connectivity index (χ2n) is 6.09. The molecule has 27 heavy (non-hydrogen) atoms. The summed E-state index contributed by atoms with van der Waals surface area (Å²) in [6.07, 6.45) is 0.688. The van der Waals surface area contributed by atoms with E-state index in [0.717, 1.165) is 5.56 Å². The third-order valence-electron chi connectivity index (χ3n) is 4.47. The van der Waals surface area contributed by atoms with Gasteiger partial charge in [0.05, 0.1) is 17.6 Å². The van der Waals surface area contributed by atoms with Crippen molar-refractivity contribution in [3.05, 3.63) is 64.7 Å². The topological polar surface area (TPSA) is 63.7 Å². The first-order valence-electron chi connectivity index (χ1n) is 8.48. The van der Waals surface area contributed by atoms with Crippen molar-refractivity contribution in [2.45, 2.75) is 16.6 Å². The summed E-state index contributed by atoms with van der Waals surface area (Å²) in [6.45, 7) is 0.858. The number of hydrogen-bond donors (Lipinski definition) is 0. The lowest BCUT2D eigenvalue weighted by atomic mass is 10.1. The highest BCUT2D eigenvalue weighted by atomic mass is 35.5. The first-order valence-corrected chi connectivity index (χ1v) is 11.3. The van der Waals surface area contributed by atoms with Crippen molar-refractivity contribution in [2.24, 2.45) is 0 Å². The van der Waals surface area contributed by atoms with Gasteiger partial charge in [-0.3, -0.25) is 0 Å². The van der Waals surface area contributed by atoms with Gasteiger partial charge in [-0.25, -0.2) is 13.2 Å². The fourth-order valence-electron chi connectivity index (χ4n) is 3.00. The van der Waals surface area contributed by atoms with Crippen LogP contribution in [0.15, 0.2) is 53.4 Å². The van der Waals surface area contributed by atoms with Gasteiger partial charge >= 0.3 is 5.97 Å². The molecule has 0 unspecified atom stereocenters. The maximum Gasteiger partial charge on any atom is 0.337 e. The molecule has 0 aliphatic carbocycles. The number of esters is 1. The van der Waals surface area contributed by atoms with Crippen LogP contribution in [0.1, 0.15) is 27.6 Å². The molecule has 0 saturated carbocycles. The van der Waals surface area contributed by atoms with Crippen LogP contribution in [-0.4, -0.2) is 44.6 Å². The Morgan fingerprint density at radius 1 is 1.15 bits per heavy atom. The van der Waals surface area contributed by atoms with Gasteiger partial charge in [0.2, 0.25) is 10.0 Å². The van der Waals surface area contributed by atoms with Crippen molar-refractivity contribution in [3.8, 4) is 0 Å². The number of methoxy groups -OCH3 is 1. The first kappa shape index (κ1) is 20.2. The van der Waals surface area contributed by atoms with Gasteiger partial charge in [0.15, 0.2) is 0 Å². The summed E-state index contributed by atoms with van der Waals surface area (Å²) in [5, 5.41) is 0.880. The minimum absolute atomic E-state index is 0.167. The van der Waals surface area contributed by atoms with E-state index in [2.05, 4.69) is 4.74 Å². The van der Waals surface area contributed by atoms with Crippen molar-refractivity contribution in [1.82, 2.24) is 4.31 Å². The largest absolute Gasteiger partial charge is 0.465 e. The van der Waals surface area contributed by atoms with Gasteiger partial charge in [-0.1, -0.05) is 29.8 Å². The van der Waals surface area contributed by atoms with E-state index in [1.165, 1.54) is 35.7 Å². The molecule has 2 aromatic rings. The van der Waals surface area contributed by atoms with E-state index in [1.54, 1.807) is 11.8 Å². The molecule has 144 valence electrons. The highest BCUT2D eigenvalue weighted by Crippen LogP contribution is 2.38. The molecule has 1 aliphatic heterocycles. The van der Waals surface area contributed by atoms with Gasteiger partial charge in [0.1, 0.15) is 0 Å². The zero-order valence-corrected chi connectivity index (χ0v) is 17.2. The van der Waals surface area contributed by atoms with E-state index >= 15 is 0 Å². The summed E-state index contributed by atoms with van der Waals surface area (Å²) in [7, 11) is -2.33. The Hall–Kier alpha value is -1.54. The minimum Gasteiger partial charge on any atom is -0.465 e. The molecule has 0 amide bonds. The Kier molecular flexibility index (Phi) is 6.47. The standard InChI is InChI=1S/C19H20ClNO4S2/c1-25-19(22)14-6-8-15(9-7-14)27(23,24)21-11-10-18(26-13-12-21)16-4-2-3-5-17(16)20/h2-9,18H,10-13H2,1H3/t18-/m1/s1. The van der Waals surface area contributed by atoms with Gasteiger partial charge in [0.25, 0.3) is 0 Å². The molecule has 5 nitrogen and oxygen atoms in total. The molecule has 0 bridgehead atoms. The summed E-state index contributed by atoms with van der Waals surface area (Å²) < 4.78 is 32.1. The molecule has 1 fully saturated rings. The Bertz CT molecular complexity index is 916. The third kappa shape index (κ3) is 4.48. The molecule has 0 spiro atoms. The van der Waals surface area contributed by atoms with Crippen LogP contribution in [0.4, 0.5) is 0 Å². The normalized spacial score (nSPS) is 18.7. The number of ether oxygens (including phenoxy) is 1. The molecule has 1 saturated heterocycles. The fraction of sp³-hybridized carbons (Fsp3) is 0.316. The van der Waals surface area contributed by atoms with Gasteiger partial charge < -0.3 is 4.74 Å². The van der Waals surface area contributed by atoms with Crippen LogP contribution in [0.25, 0.3) is 0 Å². The number of carbonyl (C=O) groups excluding carboxylic acids is 1. The maximum atomic E-state index is 13.0. The number of rotatable bonds is 4. The Labute approximate surface area is 168 Å². The lowest BCUT2D eigenvalue weighted by Gasteiger charge is -2.20. The summed E-state index contributed by atoms with van der Waals surface area (Å²) in [4.78, 5) is 11.7. The quantitative estimate of drug-likeness (QED) is 0.693. The number of sulfonamides is 1. The van der Waals surface area contributed by atoms with E-state index in [9.17, 15) is 13.2 Å². The molecule has 3 rings (SSSR count). The van der Waals surface area contributed by atoms with Crippen LogP contribution in [-0.2, 0) is 14.8 Å². The lowest BCUT2D eigenvalue weighted by molar-refractivity contribution is 0.0600. The van der Waals surface area contributed by atoms with E-state index in [0.29, 0.717) is 35.8 Å². The van der Waals surface area contributed by atoms with Crippen LogP contribution in [0.3, 0.4) is 0 Å². The average molecular weight is 426 g/mol. The number of benzene rings is 2. The van der Waals surface area contributed by atoms with Crippen LogP contribution in [0.2, 0.25) is 5.02 Å². The number of carbonyl (C=O) groups is 1. The van der Waals surface area contributed by atoms with Crippen molar-refractivity contribution >= 4 is 39.4 Å². The van der Waals surface area contributed by atoms with Crippen LogP contribution in [0.5, 0.6) is 0 Å². The molecule has 1 heterocycles. The summed E-state index contributed by atoms with van der Waals surface area (Å²) >= 11 is 8.03. The predicted octanol–water partition coefficient (Wildman–Crippen LogP) is 4.00.